The molecule has 0 aliphatic carbocycles. The van der Waals surface area contributed by atoms with Gasteiger partial charge in [-0.05, 0) is 37.5 Å². The molecule has 1 heterocycles. The number of hydrogen-bond acceptors (Lipinski definition) is 2. The summed E-state index contributed by atoms with van der Waals surface area (Å²) in [5.74, 6) is 0.198. The van der Waals surface area contributed by atoms with Gasteiger partial charge in [0.2, 0.25) is 0 Å². The molecule has 0 saturated carbocycles. The number of amides is 2. The number of carbonyl (C=O) groups excluding carboxylic acids is 1. The fraction of sp³-hybridized carbons (Fsp3) is 0.533. The largest absolute Gasteiger partial charge is 0.396 e. The molecule has 0 aromatic heterocycles. The first kappa shape index (κ1) is 16.4. The van der Waals surface area contributed by atoms with E-state index in [4.69, 9.17) is 28.3 Å². The zero-order chi connectivity index (χ0) is 15.4. The van der Waals surface area contributed by atoms with Gasteiger partial charge < -0.3 is 15.3 Å². The molecule has 1 aromatic rings. The standard InChI is InChI=1S/C15H20Cl2N2O2/c1-10(7-12-13(16)3-2-4-14(12)17)18-15(21)19-6-5-11(8-19)9-20/h2-4,10-11,20H,5-9H2,1H3,(H,18,21)/t10-,11+/m1/s1. The number of nitrogens with zero attached hydrogens (tertiary/aromatic N) is 1. The van der Waals surface area contributed by atoms with E-state index in [9.17, 15) is 4.79 Å². The van der Waals surface area contributed by atoms with Gasteiger partial charge >= 0.3 is 6.03 Å². The summed E-state index contributed by atoms with van der Waals surface area (Å²) < 4.78 is 0. The van der Waals surface area contributed by atoms with E-state index in [1.165, 1.54) is 0 Å². The average molecular weight is 331 g/mol. The summed E-state index contributed by atoms with van der Waals surface area (Å²) in [4.78, 5) is 13.9. The highest BCUT2D eigenvalue weighted by atomic mass is 35.5. The van der Waals surface area contributed by atoms with Crippen molar-refractivity contribution < 1.29 is 9.90 Å². The molecule has 116 valence electrons. The molecule has 0 unspecified atom stereocenters. The molecule has 0 radical (unpaired) electrons. The number of hydrogen-bond donors (Lipinski definition) is 2. The number of rotatable bonds is 4. The zero-order valence-electron chi connectivity index (χ0n) is 12.0. The van der Waals surface area contributed by atoms with Gasteiger partial charge in [-0.1, -0.05) is 29.3 Å². The topological polar surface area (TPSA) is 52.6 Å². The summed E-state index contributed by atoms with van der Waals surface area (Å²) in [5, 5.41) is 13.3. The second-order valence-electron chi connectivity index (χ2n) is 5.54. The summed E-state index contributed by atoms with van der Waals surface area (Å²) >= 11 is 12.3. The van der Waals surface area contributed by atoms with Crippen LogP contribution in [0.5, 0.6) is 0 Å². The summed E-state index contributed by atoms with van der Waals surface area (Å²) in [7, 11) is 0. The van der Waals surface area contributed by atoms with Crippen LogP contribution in [0.3, 0.4) is 0 Å². The van der Waals surface area contributed by atoms with Crippen LogP contribution in [-0.4, -0.2) is 41.8 Å². The molecule has 2 atom stereocenters. The minimum atomic E-state index is -0.0957. The summed E-state index contributed by atoms with van der Waals surface area (Å²) in [5.41, 5.74) is 0.850. The Bertz CT molecular complexity index is 490. The Morgan fingerprint density at radius 2 is 2.14 bits per heavy atom. The van der Waals surface area contributed by atoms with E-state index in [2.05, 4.69) is 5.32 Å². The number of likely N-dealkylation sites (tertiary alicyclic amines) is 1. The normalized spacial score (nSPS) is 19.6. The molecule has 0 spiro atoms. The zero-order valence-corrected chi connectivity index (χ0v) is 13.5. The van der Waals surface area contributed by atoms with Crippen LogP contribution >= 0.6 is 23.2 Å². The van der Waals surface area contributed by atoms with Crippen LogP contribution < -0.4 is 5.32 Å². The highest BCUT2D eigenvalue weighted by molar-refractivity contribution is 6.36. The first-order valence-electron chi connectivity index (χ1n) is 7.10. The lowest BCUT2D eigenvalue weighted by atomic mass is 10.1. The van der Waals surface area contributed by atoms with Gasteiger partial charge in [0.15, 0.2) is 0 Å². The van der Waals surface area contributed by atoms with Crippen molar-refractivity contribution >= 4 is 29.2 Å². The lowest BCUT2D eigenvalue weighted by molar-refractivity contribution is 0.195. The van der Waals surface area contributed by atoms with Gasteiger partial charge in [0.1, 0.15) is 0 Å². The average Bonchev–Trinajstić information content (AvgIpc) is 2.92. The van der Waals surface area contributed by atoms with Gasteiger partial charge in [0.25, 0.3) is 0 Å². The highest BCUT2D eigenvalue weighted by Crippen LogP contribution is 2.25. The Labute approximate surface area is 135 Å². The van der Waals surface area contributed by atoms with E-state index >= 15 is 0 Å². The first-order valence-corrected chi connectivity index (χ1v) is 7.86. The third kappa shape index (κ3) is 4.25. The van der Waals surface area contributed by atoms with Gasteiger partial charge in [-0.2, -0.15) is 0 Å². The van der Waals surface area contributed by atoms with Crippen molar-refractivity contribution in [2.45, 2.75) is 25.8 Å². The highest BCUT2D eigenvalue weighted by Gasteiger charge is 2.26. The Kier molecular flexibility index (Phi) is 5.73. The summed E-state index contributed by atoms with van der Waals surface area (Å²) in [6.45, 7) is 3.37. The second kappa shape index (κ2) is 7.34. The fourth-order valence-corrected chi connectivity index (χ4v) is 3.10. The maximum Gasteiger partial charge on any atom is 0.317 e. The van der Waals surface area contributed by atoms with Crippen LogP contribution in [0.25, 0.3) is 0 Å². The Morgan fingerprint density at radius 1 is 1.48 bits per heavy atom. The molecule has 4 nitrogen and oxygen atoms in total. The number of benzene rings is 1. The van der Waals surface area contributed by atoms with Gasteiger partial charge in [-0.25, -0.2) is 4.79 Å². The van der Waals surface area contributed by atoms with E-state index in [-0.39, 0.29) is 24.6 Å². The maximum atomic E-state index is 12.1. The van der Waals surface area contributed by atoms with Crippen molar-refractivity contribution in [3.8, 4) is 0 Å². The summed E-state index contributed by atoms with van der Waals surface area (Å²) in [6, 6.07) is 5.23. The second-order valence-corrected chi connectivity index (χ2v) is 6.35. The SMILES string of the molecule is C[C@H](Cc1c(Cl)cccc1Cl)NC(=O)N1CC[C@H](CO)C1. The minimum absolute atomic E-state index is 0.0666. The van der Waals surface area contributed by atoms with Crippen LogP contribution in [0.4, 0.5) is 4.79 Å². The third-order valence-electron chi connectivity index (χ3n) is 3.77. The van der Waals surface area contributed by atoms with Gasteiger partial charge in [0, 0.05) is 41.7 Å². The number of nitrogens with one attached hydrogen (secondary N) is 1. The minimum Gasteiger partial charge on any atom is -0.396 e. The Balaban J connectivity index is 1.90. The molecule has 1 saturated heterocycles. The lowest BCUT2D eigenvalue weighted by Gasteiger charge is -2.21. The molecule has 2 amide bonds. The molecular weight excluding hydrogens is 311 g/mol. The molecule has 1 aromatic carbocycles. The van der Waals surface area contributed by atoms with Crippen LogP contribution in [0.1, 0.15) is 18.9 Å². The van der Waals surface area contributed by atoms with Crippen LogP contribution in [0.2, 0.25) is 10.0 Å². The van der Waals surface area contributed by atoms with E-state index in [0.29, 0.717) is 29.6 Å². The fourth-order valence-electron chi connectivity index (χ4n) is 2.55. The van der Waals surface area contributed by atoms with E-state index in [1.807, 2.05) is 6.92 Å². The van der Waals surface area contributed by atoms with Crippen molar-refractivity contribution in [2.24, 2.45) is 5.92 Å². The molecule has 1 aliphatic heterocycles. The third-order valence-corrected chi connectivity index (χ3v) is 4.48. The molecule has 21 heavy (non-hydrogen) atoms. The summed E-state index contributed by atoms with van der Waals surface area (Å²) in [6.07, 6.45) is 1.44. The molecule has 6 heteroatoms. The molecule has 1 fully saturated rings. The van der Waals surface area contributed by atoms with Crippen molar-refractivity contribution in [1.82, 2.24) is 10.2 Å². The van der Waals surface area contributed by atoms with Gasteiger partial charge in [-0.15, -0.1) is 0 Å². The van der Waals surface area contributed by atoms with Crippen LogP contribution in [0.15, 0.2) is 18.2 Å². The molecular formula is C15H20Cl2N2O2. The lowest BCUT2D eigenvalue weighted by Crippen LogP contribution is -2.43. The predicted molar refractivity (Wildman–Crippen MR) is 84.9 cm³/mol. The Hall–Kier alpha value is -0.970. The predicted octanol–water partition coefficient (Wildman–Crippen LogP) is 2.95. The number of aliphatic hydroxyl groups excluding tert-OH is 1. The quantitative estimate of drug-likeness (QED) is 0.891. The van der Waals surface area contributed by atoms with E-state index in [1.54, 1.807) is 23.1 Å². The molecule has 2 N–H and O–H groups in total. The van der Waals surface area contributed by atoms with Crippen molar-refractivity contribution in [3.05, 3.63) is 33.8 Å². The number of halogens is 2. The molecule has 0 bridgehead atoms. The molecule has 2 rings (SSSR count). The van der Waals surface area contributed by atoms with Crippen LogP contribution in [0, 0.1) is 5.92 Å². The van der Waals surface area contributed by atoms with Gasteiger partial charge in [0.05, 0.1) is 0 Å². The monoisotopic (exact) mass is 330 g/mol. The number of urea groups is 1. The van der Waals surface area contributed by atoms with E-state index < -0.39 is 0 Å². The molecule has 1 aliphatic rings. The number of carbonyl (C=O) groups is 1. The smallest absolute Gasteiger partial charge is 0.317 e. The number of aliphatic hydroxyl groups is 1. The van der Waals surface area contributed by atoms with E-state index in [0.717, 1.165) is 12.0 Å². The van der Waals surface area contributed by atoms with Crippen molar-refractivity contribution in [3.63, 3.8) is 0 Å². The van der Waals surface area contributed by atoms with Crippen molar-refractivity contribution in [1.29, 1.82) is 0 Å². The first-order chi connectivity index (χ1) is 10.0. The Morgan fingerprint density at radius 3 is 2.71 bits per heavy atom. The maximum absolute atomic E-state index is 12.1. The van der Waals surface area contributed by atoms with Gasteiger partial charge in [-0.3, -0.25) is 0 Å². The van der Waals surface area contributed by atoms with Crippen LogP contribution in [-0.2, 0) is 6.42 Å². The van der Waals surface area contributed by atoms with Crippen molar-refractivity contribution in [2.75, 3.05) is 19.7 Å².